The molecule has 0 saturated carbocycles. The number of hydrogen-bond acceptors (Lipinski definition) is 1. The van der Waals surface area contributed by atoms with E-state index in [0.717, 1.165) is 6.42 Å². The van der Waals surface area contributed by atoms with E-state index >= 15 is 0 Å². The Morgan fingerprint density at radius 1 is 1.19 bits per heavy atom. The summed E-state index contributed by atoms with van der Waals surface area (Å²) >= 11 is 0. The maximum atomic E-state index is 11.4. The molecule has 0 fully saturated rings. The third kappa shape index (κ3) is 6.86. The van der Waals surface area contributed by atoms with Crippen LogP contribution >= 0.6 is 0 Å². The van der Waals surface area contributed by atoms with Gasteiger partial charge in [-0.05, 0) is 38.0 Å². The Labute approximate surface area is 101 Å². The maximum Gasteiger partial charge on any atom is 0.220 e. The Morgan fingerprint density at radius 3 is 2.06 bits per heavy atom. The minimum absolute atomic E-state index is 0.106. The van der Waals surface area contributed by atoms with Crippen molar-refractivity contribution in [2.24, 2.45) is 11.3 Å². The van der Waals surface area contributed by atoms with E-state index in [1.54, 1.807) is 0 Å². The first-order valence-corrected chi connectivity index (χ1v) is 6.39. The smallest absolute Gasteiger partial charge is 0.220 e. The van der Waals surface area contributed by atoms with E-state index in [9.17, 15) is 4.79 Å². The average molecular weight is 227 g/mol. The Hall–Kier alpha value is -0.530. The van der Waals surface area contributed by atoms with Crippen LogP contribution < -0.4 is 5.32 Å². The standard InChI is InChI=1S/C14H29NO/c1-8-12(16)15-14(6,7)10-13(4,5)9-11(2)3/h11H,8-10H2,1-7H3,(H,15,16). The second-order valence-electron chi connectivity index (χ2n) is 6.72. The van der Waals surface area contributed by atoms with Gasteiger partial charge in [-0.1, -0.05) is 34.6 Å². The lowest BCUT2D eigenvalue weighted by Gasteiger charge is -2.36. The predicted octanol–water partition coefficient (Wildman–Crippen LogP) is 3.75. The van der Waals surface area contributed by atoms with Gasteiger partial charge in [0.25, 0.3) is 0 Å². The van der Waals surface area contributed by atoms with Gasteiger partial charge in [-0.25, -0.2) is 0 Å². The van der Waals surface area contributed by atoms with Crippen LogP contribution in [0, 0.1) is 11.3 Å². The van der Waals surface area contributed by atoms with Crippen molar-refractivity contribution in [3.05, 3.63) is 0 Å². The summed E-state index contributed by atoms with van der Waals surface area (Å²) in [5.41, 5.74) is 0.171. The van der Waals surface area contributed by atoms with Crippen LogP contribution in [-0.4, -0.2) is 11.4 Å². The van der Waals surface area contributed by atoms with E-state index in [1.165, 1.54) is 6.42 Å². The monoisotopic (exact) mass is 227 g/mol. The van der Waals surface area contributed by atoms with Gasteiger partial charge in [-0.15, -0.1) is 0 Å². The van der Waals surface area contributed by atoms with Gasteiger partial charge in [0, 0.05) is 12.0 Å². The Morgan fingerprint density at radius 2 is 1.69 bits per heavy atom. The van der Waals surface area contributed by atoms with Crippen LogP contribution in [0.15, 0.2) is 0 Å². The van der Waals surface area contributed by atoms with Gasteiger partial charge >= 0.3 is 0 Å². The summed E-state index contributed by atoms with van der Waals surface area (Å²) < 4.78 is 0. The fourth-order valence-corrected chi connectivity index (χ4v) is 2.88. The van der Waals surface area contributed by atoms with Crippen molar-refractivity contribution >= 4 is 5.91 Å². The number of carbonyl (C=O) groups is 1. The van der Waals surface area contributed by atoms with Crippen molar-refractivity contribution in [3.8, 4) is 0 Å². The summed E-state index contributed by atoms with van der Waals surface area (Å²) in [7, 11) is 0. The van der Waals surface area contributed by atoms with Gasteiger partial charge in [-0.2, -0.15) is 0 Å². The molecule has 2 heteroatoms. The molecule has 0 unspecified atom stereocenters. The fourth-order valence-electron chi connectivity index (χ4n) is 2.88. The second kappa shape index (κ2) is 5.70. The van der Waals surface area contributed by atoms with Crippen LogP contribution in [0.5, 0.6) is 0 Å². The molecule has 0 saturated heterocycles. The van der Waals surface area contributed by atoms with E-state index in [-0.39, 0.29) is 16.9 Å². The SMILES string of the molecule is CCC(=O)NC(C)(C)CC(C)(C)CC(C)C. The molecule has 0 bridgehead atoms. The number of carbonyl (C=O) groups excluding carboxylic acids is 1. The van der Waals surface area contributed by atoms with Gasteiger partial charge in [0.2, 0.25) is 5.91 Å². The highest BCUT2D eigenvalue weighted by Crippen LogP contribution is 2.34. The molecular weight excluding hydrogens is 198 g/mol. The summed E-state index contributed by atoms with van der Waals surface area (Å²) in [6.45, 7) is 15.2. The third-order valence-corrected chi connectivity index (χ3v) is 2.68. The normalized spacial score (nSPS) is 13.0. The van der Waals surface area contributed by atoms with Crippen LogP contribution in [0.25, 0.3) is 0 Å². The molecular formula is C14H29NO. The molecule has 96 valence electrons. The van der Waals surface area contributed by atoms with E-state index in [4.69, 9.17) is 0 Å². The second-order valence-corrected chi connectivity index (χ2v) is 6.72. The molecule has 0 aliphatic carbocycles. The zero-order valence-electron chi connectivity index (χ0n) is 12.1. The molecule has 0 aliphatic heterocycles. The van der Waals surface area contributed by atoms with Crippen molar-refractivity contribution in [1.29, 1.82) is 0 Å². The lowest BCUT2D eigenvalue weighted by atomic mass is 9.75. The molecule has 2 nitrogen and oxygen atoms in total. The highest BCUT2D eigenvalue weighted by Gasteiger charge is 2.30. The number of amides is 1. The number of hydrogen-bond donors (Lipinski definition) is 1. The van der Waals surface area contributed by atoms with Gasteiger partial charge in [0.15, 0.2) is 0 Å². The van der Waals surface area contributed by atoms with Gasteiger partial charge < -0.3 is 5.32 Å². The Kier molecular flexibility index (Phi) is 5.51. The first-order chi connectivity index (χ1) is 7.08. The quantitative estimate of drug-likeness (QED) is 0.735. The summed E-state index contributed by atoms with van der Waals surface area (Å²) in [4.78, 5) is 11.4. The van der Waals surface area contributed by atoms with E-state index in [2.05, 4.69) is 46.9 Å². The maximum absolute atomic E-state index is 11.4. The average Bonchev–Trinajstić information content (AvgIpc) is 1.97. The largest absolute Gasteiger partial charge is 0.351 e. The highest BCUT2D eigenvalue weighted by atomic mass is 16.1. The summed E-state index contributed by atoms with van der Waals surface area (Å²) in [5.74, 6) is 0.845. The molecule has 16 heavy (non-hydrogen) atoms. The molecule has 1 N–H and O–H groups in total. The molecule has 1 amide bonds. The van der Waals surface area contributed by atoms with E-state index in [1.807, 2.05) is 6.92 Å². The van der Waals surface area contributed by atoms with Crippen LogP contribution in [-0.2, 0) is 4.79 Å². The van der Waals surface area contributed by atoms with Crippen molar-refractivity contribution in [2.75, 3.05) is 0 Å². The molecule has 0 aromatic heterocycles. The lowest BCUT2D eigenvalue weighted by Crippen LogP contribution is -2.46. The summed E-state index contributed by atoms with van der Waals surface area (Å²) in [6.07, 6.45) is 2.77. The third-order valence-electron chi connectivity index (χ3n) is 2.68. The molecule has 0 aliphatic rings. The van der Waals surface area contributed by atoms with E-state index < -0.39 is 0 Å². The fraction of sp³-hybridized carbons (Fsp3) is 0.929. The number of rotatable bonds is 6. The molecule has 0 atom stereocenters. The molecule has 0 radical (unpaired) electrons. The Balaban J connectivity index is 4.38. The summed E-state index contributed by atoms with van der Waals surface area (Å²) in [6, 6.07) is 0. The molecule has 0 rings (SSSR count). The first-order valence-electron chi connectivity index (χ1n) is 6.39. The molecule has 0 spiro atoms. The van der Waals surface area contributed by atoms with Crippen molar-refractivity contribution < 1.29 is 4.79 Å². The first kappa shape index (κ1) is 15.5. The van der Waals surface area contributed by atoms with Gasteiger partial charge in [-0.3, -0.25) is 4.79 Å². The minimum Gasteiger partial charge on any atom is -0.351 e. The van der Waals surface area contributed by atoms with Crippen LogP contribution in [0.2, 0.25) is 0 Å². The van der Waals surface area contributed by atoms with Crippen molar-refractivity contribution in [1.82, 2.24) is 5.32 Å². The predicted molar refractivity (Wildman–Crippen MR) is 70.4 cm³/mol. The lowest BCUT2D eigenvalue weighted by molar-refractivity contribution is -0.122. The van der Waals surface area contributed by atoms with Crippen molar-refractivity contribution in [2.45, 2.75) is 73.3 Å². The van der Waals surface area contributed by atoms with Gasteiger partial charge in [0.1, 0.15) is 0 Å². The Bertz CT molecular complexity index is 229. The van der Waals surface area contributed by atoms with Crippen LogP contribution in [0.3, 0.4) is 0 Å². The zero-order valence-corrected chi connectivity index (χ0v) is 12.1. The van der Waals surface area contributed by atoms with Crippen LogP contribution in [0.4, 0.5) is 0 Å². The molecule has 0 aromatic rings. The van der Waals surface area contributed by atoms with Crippen molar-refractivity contribution in [3.63, 3.8) is 0 Å². The van der Waals surface area contributed by atoms with Gasteiger partial charge in [0.05, 0.1) is 0 Å². The summed E-state index contributed by atoms with van der Waals surface area (Å²) in [5, 5.41) is 3.10. The minimum atomic E-state index is -0.106. The van der Waals surface area contributed by atoms with E-state index in [0.29, 0.717) is 12.3 Å². The number of nitrogens with one attached hydrogen (secondary N) is 1. The molecule has 0 aromatic carbocycles. The zero-order chi connectivity index (χ0) is 13.0. The molecule has 0 heterocycles. The highest BCUT2D eigenvalue weighted by molar-refractivity contribution is 5.76. The topological polar surface area (TPSA) is 29.1 Å². The van der Waals surface area contributed by atoms with Crippen LogP contribution in [0.1, 0.15) is 67.7 Å².